The lowest BCUT2D eigenvalue weighted by Crippen LogP contribution is -2.00. The maximum absolute atomic E-state index is 12.2. The molecule has 0 aliphatic heterocycles. The highest BCUT2D eigenvalue weighted by Crippen LogP contribution is 2.48. The molecule has 0 saturated carbocycles. The van der Waals surface area contributed by atoms with Gasteiger partial charge in [0.2, 0.25) is 0 Å². The normalized spacial score (nSPS) is 12.1. The van der Waals surface area contributed by atoms with Crippen LogP contribution >= 0.6 is 7.60 Å². The molecule has 0 atom stereocenters. The van der Waals surface area contributed by atoms with E-state index in [0.717, 1.165) is 19.3 Å². The monoisotopic (exact) mass is 296 g/mol. The van der Waals surface area contributed by atoms with Gasteiger partial charge in [-0.25, -0.2) is 0 Å². The molecule has 0 heterocycles. The zero-order chi connectivity index (χ0) is 14.7. The Kier molecular flexibility index (Phi) is 8.52. The molecule has 0 radical (unpaired) electrons. The van der Waals surface area contributed by atoms with Crippen molar-refractivity contribution in [1.82, 2.24) is 0 Å². The van der Waals surface area contributed by atoms with Crippen LogP contribution in [0.4, 0.5) is 0 Å². The third-order valence-electron chi connectivity index (χ3n) is 2.81. The van der Waals surface area contributed by atoms with Crippen LogP contribution in [0.3, 0.4) is 0 Å². The van der Waals surface area contributed by atoms with Crippen molar-refractivity contribution in [1.29, 1.82) is 0 Å². The van der Waals surface area contributed by atoms with Crippen molar-refractivity contribution >= 4 is 13.7 Å². The molecule has 0 aliphatic carbocycles. The fraction of sp³-hybridized carbons (Fsp3) is 0.500. The molecule has 1 aromatic rings. The summed E-state index contributed by atoms with van der Waals surface area (Å²) in [5.74, 6) is 0. The molecule has 1 rings (SSSR count). The molecule has 0 saturated heterocycles. The van der Waals surface area contributed by atoms with Crippen LogP contribution < -0.4 is 0 Å². The SMILES string of the molecule is CCOP(=O)(CCCCC=Cc1ccccc1)OCC. The highest BCUT2D eigenvalue weighted by Gasteiger charge is 2.22. The van der Waals surface area contributed by atoms with Crippen LogP contribution in [0.15, 0.2) is 36.4 Å². The lowest BCUT2D eigenvalue weighted by molar-refractivity contribution is 0.219. The standard InChI is InChI=1S/C16H25O3P/c1-3-18-20(17,19-4-2)15-11-6-5-8-12-16-13-9-7-10-14-16/h7-10,12-14H,3-6,11,15H2,1-2H3. The van der Waals surface area contributed by atoms with Gasteiger partial charge in [0.15, 0.2) is 0 Å². The van der Waals surface area contributed by atoms with E-state index in [1.165, 1.54) is 5.56 Å². The van der Waals surface area contributed by atoms with E-state index in [4.69, 9.17) is 9.05 Å². The van der Waals surface area contributed by atoms with Crippen LogP contribution in [0.5, 0.6) is 0 Å². The smallest absolute Gasteiger partial charge is 0.309 e. The number of benzene rings is 1. The summed E-state index contributed by atoms with van der Waals surface area (Å²) in [6.45, 7) is 4.55. The van der Waals surface area contributed by atoms with Gasteiger partial charge >= 0.3 is 7.60 Å². The summed E-state index contributed by atoms with van der Waals surface area (Å²) in [5, 5.41) is 0. The Labute approximate surface area is 122 Å². The van der Waals surface area contributed by atoms with Gasteiger partial charge in [0.05, 0.1) is 19.4 Å². The predicted octanol–water partition coefficient (Wildman–Crippen LogP) is 5.14. The molecule has 0 aliphatic rings. The molecule has 0 spiro atoms. The molecule has 3 nitrogen and oxygen atoms in total. The van der Waals surface area contributed by atoms with Crippen molar-refractivity contribution in [3.63, 3.8) is 0 Å². The number of unbranched alkanes of at least 4 members (excludes halogenated alkanes) is 2. The highest BCUT2D eigenvalue weighted by atomic mass is 31.2. The van der Waals surface area contributed by atoms with E-state index >= 15 is 0 Å². The first-order valence-corrected chi connectivity index (χ1v) is 9.02. The van der Waals surface area contributed by atoms with Crippen molar-refractivity contribution in [3.05, 3.63) is 42.0 Å². The van der Waals surface area contributed by atoms with E-state index in [-0.39, 0.29) is 0 Å². The number of hydrogen-bond donors (Lipinski definition) is 0. The third-order valence-corrected chi connectivity index (χ3v) is 4.98. The van der Waals surface area contributed by atoms with Crippen LogP contribution in [0.1, 0.15) is 38.7 Å². The van der Waals surface area contributed by atoms with Gasteiger partial charge < -0.3 is 9.05 Å². The Balaban J connectivity index is 2.24. The van der Waals surface area contributed by atoms with Gasteiger partial charge in [-0.1, -0.05) is 42.5 Å². The van der Waals surface area contributed by atoms with Gasteiger partial charge in [0.1, 0.15) is 0 Å². The lowest BCUT2D eigenvalue weighted by Gasteiger charge is -2.16. The Morgan fingerprint density at radius 3 is 2.30 bits per heavy atom. The molecule has 0 amide bonds. The largest absolute Gasteiger partial charge is 0.330 e. The van der Waals surface area contributed by atoms with Crippen molar-refractivity contribution < 1.29 is 13.6 Å². The fourth-order valence-electron chi connectivity index (χ4n) is 1.91. The minimum absolute atomic E-state index is 0.436. The average molecular weight is 296 g/mol. The van der Waals surface area contributed by atoms with Crippen LogP contribution in [-0.2, 0) is 13.6 Å². The number of rotatable bonds is 10. The topological polar surface area (TPSA) is 35.5 Å². The predicted molar refractivity (Wildman–Crippen MR) is 85.1 cm³/mol. The Morgan fingerprint density at radius 1 is 1.05 bits per heavy atom. The van der Waals surface area contributed by atoms with E-state index in [0.29, 0.717) is 19.4 Å². The molecule has 0 aromatic heterocycles. The maximum atomic E-state index is 12.2. The summed E-state index contributed by atoms with van der Waals surface area (Å²) >= 11 is 0. The van der Waals surface area contributed by atoms with Gasteiger partial charge in [0.25, 0.3) is 0 Å². The first-order valence-electron chi connectivity index (χ1n) is 7.30. The Hall–Kier alpha value is -0.890. The first-order chi connectivity index (χ1) is 9.70. The summed E-state index contributed by atoms with van der Waals surface area (Å²) in [5.41, 5.74) is 1.21. The average Bonchev–Trinajstić information content (AvgIpc) is 2.44. The second-order valence-electron chi connectivity index (χ2n) is 4.48. The zero-order valence-corrected chi connectivity index (χ0v) is 13.4. The second-order valence-corrected chi connectivity index (χ2v) is 6.66. The van der Waals surface area contributed by atoms with Crippen molar-refractivity contribution in [2.24, 2.45) is 0 Å². The van der Waals surface area contributed by atoms with Gasteiger partial charge in [-0.2, -0.15) is 0 Å². The van der Waals surface area contributed by atoms with E-state index < -0.39 is 7.60 Å². The van der Waals surface area contributed by atoms with Crippen molar-refractivity contribution in [3.8, 4) is 0 Å². The summed E-state index contributed by atoms with van der Waals surface area (Å²) in [7, 11) is -2.85. The van der Waals surface area contributed by atoms with Crippen LogP contribution in [-0.4, -0.2) is 19.4 Å². The molecule has 0 unspecified atom stereocenters. The minimum atomic E-state index is -2.85. The summed E-state index contributed by atoms with van der Waals surface area (Å²) in [6.07, 6.45) is 7.61. The van der Waals surface area contributed by atoms with Crippen molar-refractivity contribution in [2.45, 2.75) is 33.1 Å². The molecule has 4 heteroatoms. The van der Waals surface area contributed by atoms with E-state index in [9.17, 15) is 4.57 Å². The quantitative estimate of drug-likeness (QED) is 0.443. The summed E-state index contributed by atoms with van der Waals surface area (Å²) in [4.78, 5) is 0. The van der Waals surface area contributed by atoms with E-state index in [2.05, 4.69) is 24.3 Å². The summed E-state index contributed by atoms with van der Waals surface area (Å²) in [6, 6.07) is 10.2. The van der Waals surface area contributed by atoms with Gasteiger partial charge in [0, 0.05) is 0 Å². The third kappa shape index (κ3) is 7.04. The first kappa shape index (κ1) is 17.2. The van der Waals surface area contributed by atoms with Crippen LogP contribution in [0.2, 0.25) is 0 Å². The molecule has 0 bridgehead atoms. The molecular formula is C16H25O3P. The second kappa shape index (κ2) is 9.93. The van der Waals surface area contributed by atoms with Gasteiger partial charge in [-0.15, -0.1) is 0 Å². The zero-order valence-electron chi connectivity index (χ0n) is 12.5. The van der Waals surface area contributed by atoms with Crippen LogP contribution in [0.25, 0.3) is 6.08 Å². The van der Waals surface area contributed by atoms with Gasteiger partial charge in [-0.05, 0) is 38.7 Å². The van der Waals surface area contributed by atoms with Gasteiger partial charge in [-0.3, -0.25) is 4.57 Å². The highest BCUT2D eigenvalue weighted by molar-refractivity contribution is 7.53. The minimum Gasteiger partial charge on any atom is -0.309 e. The Bertz CT molecular complexity index is 419. The number of hydrogen-bond acceptors (Lipinski definition) is 3. The molecule has 1 aromatic carbocycles. The lowest BCUT2D eigenvalue weighted by atomic mass is 10.2. The number of allylic oxidation sites excluding steroid dienone is 1. The molecular weight excluding hydrogens is 271 g/mol. The van der Waals surface area contributed by atoms with E-state index in [1.54, 1.807) is 0 Å². The molecule has 0 N–H and O–H groups in total. The van der Waals surface area contributed by atoms with Crippen LogP contribution in [0, 0.1) is 0 Å². The molecule has 112 valence electrons. The van der Waals surface area contributed by atoms with E-state index in [1.807, 2.05) is 32.0 Å². The Morgan fingerprint density at radius 2 is 1.70 bits per heavy atom. The summed E-state index contributed by atoms with van der Waals surface area (Å²) < 4.78 is 22.7. The fourth-order valence-corrected chi connectivity index (χ4v) is 3.64. The molecule has 20 heavy (non-hydrogen) atoms. The maximum Gasteiger partial charge on any atom is 0.330 e. The molecule has 0 fully saturated rings. The van der Waals surface area contributed by atoms with Crippen molar-refractivity contribution in [2.75, 3.05) is 19.4 Å².